The largest absolute Gasteiger partial charge is 0.445 e. The zero-order valence-electron chi connectivity index (χ0n) is 17.8. The van der Waals surface area contributed by atoms with Gasteiger partial charge in [0.2, 0.25) is 5.91 Å². The van der Waals surface area contributed by atoms with Crippen molar-refractivity contribution in [2.75, 3.05) is 26.2 Å². The third-order valence-electron chi connectivity index (χ3n) is 5.20. The number of nitriles is 1. The van der Waals surface area contributed by atoms with Gasteiger partial charge >= 0.3 is 6.09 Å². The Kier molecular flexibility index (Phi) is 8.47. The highest BCUT2D eigenvalue weighted by Gasteiger charge is 2.33. The normalized spacial score (nSPS) is 16.9. The molecular formula is C22H32N4O3. The Morgan fingerprint density at radius 1 is 1.07 bits per heavy atom. The van der Waals surface area contributed by atoms with E-state index in [-0.39, 0.29) is 30.4 Å². The van der Waals surface area contributed by atoms with E-state index in [1.165, 1.54) is 0 Å². The minimum absolute atomic E-state index is 0.0627. The third-order valence-corrected chi connectivity index (χ3v) is 5.20. The molecule has 2 rings (SSSR count). The fraction of sp³-hybridized carbons (Fsp3) is 0.591. The van der Waals surface area contributed by atoms with Gasteiger partial charge in [-0.1, -0.05) is 58.0 Å². The number of amides is 2. The molecule has 2 atom stereocenters. The van der Waals surface area contributed by atoms with Gasteiger partial charge in [-0.15, -0.1) is 0 Å². The van der Waals surface area contributed by atoms with Crippen molar-refractivity contribution in [1.29, 1.82) is 5.26 Å². The molecule has 1 aromatic rings. The lowest BCUT2D eigenvalue weighted by molar-refractivity contribution is -0.136. The summed E-state index contributed by atoms with van der Waals surface area (Å²) in [5.41, 5.74) is 0.892. The molecule has 7 nitrogen and oxygen atoms in total. The Morgan fingerprint density at radius 2 is 1.69 bits per heavy atom. The predicted octanol–water partition coefficient (Wildman–Crippen LogP) is 2.63. The molecule has 0 saturated carbocycles. The number of hydrogen-bond donors (Lipinski definition) is 1. The number of nitrogens with one attached hydrogen (secondary N) is 1. The molecule has 0 bridgehead atoms. The number of alkyl carbamates (subject to hydrolysis) is 1. The number of benzene rings is 1. The van der Waals surface area contributed by atoms with E-state index in [9.17, 15) is 14.9 Å². The second-order valence-electron chi connectivity index (χ2n) is 8.11. The second-order valence-corrected chi connectivity index (χ2v) is 8.11. The van der Waals surface area contributed by atoms with Gasteiger partial charge in [0.05, 0.1) is 6.07 Å². The number of nitrogens with zero attached hydrogens (tertiary/aromatic N) is 3. The van der Waals surface area contributed by atoms with E-state index in [0.29, 0.717) is 26.2 Å². The van der Waals surface area contributed by atoms with Crippen LogP contribution in [0.4, 0.5) is 4.79 Å². The molecule has 0 spiro atoms. The van der Waals surface area contributed by atoms with Crippen LogP contribution in [0.2, 0.25) is 0 Å². The van der Waals surface area contributed by atoms with Gasteiger partial charge in [-0.25, -0.2) is 4.79 Å². The van der Waals surface area contributed by atoms with Gasteiger partial charge in [0.25, 0.3) is 0 Å². The van der Waals surface area contributed by atoms with Gasteiger partial charge in [-0.05, 0) is 17.4 Å². The quantitative estimate of drug-likeness (QED) is 0.760. The van der Waals surface area contributed by atoms with Crippen LogP contribution in [0.25, 0.3) is 0 Å². The number of carbonyl (C=O) groups is 2. The Balaban J connectivity index is 1.89. The maximum Gasteiger partial charge on any atom is 0.408 e. The average molecular weight is 401 g/mol. The topological polar surface area (TPSA) is 85.7 Å². The van der Waals surface area contributed by atoms with Crippen molar-refractivity contribution in [1.82, 2.24) is 15.1 Å². The Morgan fingerprint density at radius 3 is 2.21 bits per heavy atom. The van der Waals surface area contributed by atoms with Crippen molar-refractivity contribution in [3.05, 3.63) is 35.9 Å². The Hall–Kier alpha value is -2.59. The summed E-state index contributed by atoms with van der Waals surface area (Å²) >= 11 is 0. The summed E-state index contributed by atoms with van der Waals surface area (Å²) in [6.45, 7) is 10.4. The van der Waals surface area contributed by atoms with E-state index < -0.39 is 12.1 Å². The van der Waals surface area contributed by atoms with Gasteiger partial charge in [-0.2, -0.15) is 5.26 Å². The average Bonchev–Trinajstić information content (AvgIpc) is 2.71. The molecule has 1 N–H and O–H groups in total. The molecule has 1 aliphatic heterocycles. The maximum atomic E-state index is 13.0. The summed E-state index contributed by atoms with van der Waals surface area (Å²) in [6.07, 6.45) is -0.594. The highest BCUT2D eigenvalue weighted by Crippen LogP contribution is 2.15. The van der Waals surface area contributed by atoms with Crippen molar-refractivity contribution in [2.24, 2.45) is 11.8 Å². The lowest BCUT2D eigenvalue weighted by Crippen LogP contribution is -2.58. The van der Waals surface area contributed by atoms with Crippen LogP contribution in [-0.4, -0.2) is 60.1 Å². The van der Waals surface area contributed by atoms with Gasteiger partial charge in [0, 0.05) is 26.2 Å². The first-order chi connectivity index (χ1) is 13.8. The smallest absolute Gasteiger partial charge is 0.408 e. The lowest BCUT2D eigenvalue weighted by atomic mass is 10.0. The second kappa shape index (κ2) is 10.8. The van der Waals surface area contributed by atoms with Crippen LogP contribution < -0.4 is 5.32 Å². The van der Waals surface area contributed by atoms with E-state index in [2.05, 4.69) is 16.3 Å². The number of hydrogen-bond acceptors (Lipinski definition) is 5. The molecule has 29 heavy (non-hydrogen) atoms. The van der Waals surface area contributed by atoms with Crippen LogP contribution in [0, 0.1) is 23.2 Å². The molecule has 1 unspecified atom stereocenters. The first-order valence-corrected chi connectivity index (χ1v) is 10.2. The SMILES string of the molecule is CC(C)C(C#N)N1CCN(C(=O)[C@@H](NC(=O)OCc2ccccc2)C(C)C)CC1. The van der Waals surface area contributed by atoms with Gasteiger partial charge < -0.3 is 15.0 Å². The minimum atomic E-state index is -0.637. The molecule has 0 aromatic heterocycles. The Bertz CT molecular complexity index is 707. The number of piperazine rings is 1. The fourth-order valence-electron chi connectivity index (χ4n) is 3.47. The molecule has 158 valence electrons. The van der Waals surface area contributed by atoms with Crippen LogP contribution >= 0.6 is 0 Å². The maximum absolute atomic E-state index is 13.0. The highest BCUT2D eigenvalue weighted by atomic mass is 16.5. The zero-order valence-corrected chi connectivity index (χ0v) is 17.8. The molecule has 0 aliphatic carbocycles. The van der Waals surface area contributed by atoms with Crippen molar-refractivity contribution >= 4 is 12.0 Å². The van der Waals surface area contributed by atoms with E-state index in [4.69, 9.17) is 4.74 Å². The van der Waals surface area contributed by atoms with Gasteiger partial charge in [0.1, 0.15) is 18.7 Å². The van der Waals surface area contributed by atoms with Crippen LogP contribution in [0.15, 0.2) is 30.3 Å². The molecular weight excluding hydrogens is 368 g/mol. The van der Waals surface area contributed by atoms with Crippen LogP contribution in [-0.2, 0) is 16.1 Å². The van der Waals surface area contributed by atoms with E-state index in [1.54, 1.807) is 4.90 Å². The van der Waals surface area contributed by atoms with Crippen molar-refractivity contribution < 1.29 is 14.3 Å². The number of rotatable bonds is 7. The first-order valence-electron chi connectivity index (χ1n) is 10.2. The predicted molar refractivity (Wildman–Crippen MR) is 111 cm³/mol. The number of ether oxygens (including phenoxy) is 1. The molecule has 1 aliphatic rings. The van der Waals surface area contributed by atoms with Crippen LogP contribution in [0.3, 0.4) is 0 Å². The summed E-state index contributed by atoms with van der Waals surface area (Å²) in [5.74, 6) is 0.0772. The summed E-state index contributed by atoms with van der Waals surface area (Å²) in [6, 6.07) is 11.0. The van der Waals surface area contributed by atoms with Crippen molar-refractivity contribution in [3.63, 3.8) is 0 Å². The fourth-order valence-corrected chi connectivity index (χ4v) is 3.47. The summed E-state index contributed by atoms with van der Waals surface area (Å²) in [7, 11) is 0. The molecule has 2 amide bonds. The molecule has 0 radical (unpaired) electrons. The molecule has 7 heteroatoms. The van der Waals surface area contributed by atoms with Crippen LogP contribution in [0.1, 0.15) is 33.3 Å². The third kappa shape index (κ3) is 6.47. The van der Waals surface area contributed by atoms with Crippen molar-refractivity contribution in [3.8, 4) is 6.07 Å². The van der Waals surface area contributed by atoms with Crippen molar-refractivity contribution in [2.45, 2.75) is 46.4 Å². The highest BCUT2D eigenvalue weighted by molar-refractivity contribution is 5.86. The molecule has 1 fully saturated rings. The zero-order chi connectivity index (χ0) is 21.4. The molecule has 1 saturated heterocycles. The first kappa shape index (κ1) is 22.7. The standard InChI is InChI=1S/C22H32N4O3/c1-16(2)19(14-23)25-10-12-26(13-11-25)21(27)20(17(3)4)24-22(28)29-15-18-8-6-5-7-9-18/h5-9,16-17,19-20H,10-13,15H2,1-4H3,(H,24,28)/t19?,20-/m0/s1. The lowest BCUT2D eigenvalue weighted by Gasteiger charge is -2.39. The Labute approximate surface area is 173 Å². The molecule has 1 heterocycles. The van der Waals surface area contributed by atoms with E-state index >= 15 is 0 Å². The van der Waals surface area contributed by atoms with Crippen LogP contribution in [0.5, 0.6) is 0 Å². The summed E-state index contributed by atoms with van der Waals surface area (Å²) in [5, 5.41) is 12.1. The van der Waals surface area contributed by atoms with Gasteiger partial charge in [0.15, 0.2) is 0 Å². The summed E-state index contributed by atoms with van der Waals surface area (Å²) < 4.78 is 5.27. The minimum Gasteiger partial charge on any atom is -0.445 e. The van der Waals surface area contributed by atoms with E-state index in [1.807, 2.05) is 58.0 Å². The monoisotopic (exact) mass is 400 g/mol. The summed E-state index contributed by atoms with van der Waals surface area (Å²) in [4.78, 5) is 29.1. The number of carbonyl (C=O) groups excluding carboxylic acids is 2. The molecule has 1 aromatic carbocycles. The van der Waals surface area contributed by atoms with E-state index in [0.717, 1.165) is 5.56 Å². The van der Waals surface area contributed by atoms with Gasteiger partial charge in [-0.3, -0.25) is 9.69 Å².